The molecule has 2 nitrogen and oxygen atoms in total. The van der Waals surface area contributed by atoms with Crippen molar-refractivity contribution in [2.24, 2.45) is 0 Å². The predicted molar refractivity (Wildman–Crippen MR) is 89.6 cm³/mol. The summed E-state index contributed by atoms with van der Waals surface area (Å²) in [5, 5.41) is 3.66. The lowest BCUT2D eigenvalue weighted by atomic mass is 9.95. The van der Waals surface area contributed by atoms with E-state index in [0.29, 0.717) is 6.04 Å². The van der Waals surface area contributed by atoms with E-state index in [2.05, 4.69) is 50.0 Å². The molecule has 1 N–H and O–H groups in total. The van der Waals surface area contributed by atoms with Gasteiger partial charge in [0.25, 0.3) is 0 Å². The number of thiophene rings is 1. The molecule has 0 radical (unpaired) electrons. The molecule has 0 saturated carbocycles. The van der Waals surface area contributed by atoms with Gasteiger partial charge in [-0.25, -0.2) is 0 Å². The van der Waals surface area contributed by atoms with Crippen LogP contribution in [0.1, 0.15) is 56.7 Å². The van der Waals surface area contributed by atoms with Crippen LogP contribution in [0.15, 0.2) is 12.1 Å². The minimum absolute atomic E-state index is 0.283. The molecule has 20 heavy (non-hydrogen) atoms. The second-order valence-corrected chi connectivity index (χ2v) is 8.16. The van der Waals surface area contributed by atoms with Crippen molar-refractivity contribution in [2.45, 2.75) is 65.0 Å². The zero-order chi connectivity index (χ0) is 14.6. The summed E-state index contributed by atoms with van der Waals surface area (Å²) in [6, 6.07) is 5.33. The molecule has 1 unspecified atom stereocenters. The molecule has 0 bridgehead atoms. The van der Waals surface area contributed by atoms with Gasteiger partial charge in [0.2, 0.25) is 0 Å². The Hall–Kier alpha value is -0.380. The predicted octanol–water partition coefficient (Wildman–Crippen LogP) is 4.01. The van der Waals surface area contributed by atoms with E-state index >= 15 is 0 Å². The van der Waals surface area contributed by atoms with E-state index in [1.54, 1.807) is 0 Å². The molecule has 0 amide bonds. The third kappa shape index (κ3) is 4.57. The molecule has 1 aromatic heterocycles. The Morgan fingerprint density at radius 2 is 2.10 bits per heavy atom. The van der Waals surface area contributed by atoms with E-state index in [9.17, 15) is 0 Å². The lowest BCUT2D eigenvalue weighted by Crippen LogP contribution is -2.43. The molecular weight excluding hydrogens is 264 g/mol. The summed E-state index contributed by atoms with van der Waals surface area (Å²) in [5.41, 5.74) is 0.283. The van der Waals surface area contributed by atoms with Gasteiger partial charge < -0.3 is 5.32 Å². The van der Waals surface area contributed by atoms with Crippen LogP contribution in [-0.2, 0) is 12.0 Å². The van der Waals surface area contributed by atoms with Crippen LogP contribution < -0.4 is 5.32 Å². The largest absolute Gasteiger partial charge is 0.313 e. The first-order valence-electron chi connectivity index (χ1n) is 8.04. The van der Waals surface area contributed by atoms with E-state index in [4.69, 9.17) is 0 Å². The molecule has 2 heterocycles. The third-order valence-corrected chi connectivity index (χ3v) is 5.61. The summed E-state index contributed by atoms with van der Waals surface area (Å²) in [7, 11) is 0. The summed E-state index contributed by atoms with van der Waals surface area (Å²) < 4.78 is 0. The van der Waals surface area contributed by atoms with Crippen LogP contribution in [0, 0.1) is 0 Å². The molecule has 1 saturated heterocycles. The molecule has 0 aliphatic carbocycles. The number of nitrogens with one attached hydrogen (secondary N) is 1. The summed E-state index contributed by atoms with van der Waals surface area (Å²) in [4.78, 5) is 5.59. The van der Waals surface area contributed by atoms with Crippen molar-refractivity contribution in [2.75, 3.05) is 19.6 Å². The molecular formula is C17H30N2S. The normalized spacial score (nSPS) is 20.6. The van der Waals surface area contributed by atoms with Gasteiger partial charge in [-0.3, -0.25) is 4.90 Å². The maximum absolute atomic E-state index is 3.66. The van der Waals surface area contributed by atoms with Crippen LogP contribution in [0.4, 0.5) is 0 Å². The fourth-order valence-electron chi connectivity index (χ4n) is 2.78. The highest BCUT2D eigenvalue weighted by atomic mass is 32.1. The van der Waals surface area contributed by atoms with Crippen LogP contribution in [0.2, 0.25) is 0 Å². The van der Waals surface area contributed by atoms with E-state index in [-0.39, 0.29) is 5.41 Å². The number of piperidine rings is 1. The van der Waals surface area contributed by atoms with Crippen molar-refractivity contribution >= 4 is 11.3 Å². The molecule has 1 aliphatic rings. The van der Waals surface area contributed by atoms with Crippen molar-refractivity contribution < 1.29 is 0 Å². The van der Waals surface area contributed by atoms with Gasteiger partial charge in [0.05, 0.1) is 0 Å². The van der Waals surface area contributed by atoms with Crippen LogP contribution in [0.5, 0.6) is 0 Å². The van der Waals surface area contributed by atoms with Gasteiger partial charge >= 0.3 is 0 Å². The quantitative estimate of drug-likeness (QED) is 0.882. The highest BCUT2D eigenvalue weighted by Crippen LogP contribution is 2.30. The number of rotatable bonds is 5. The lowest BCUT2D eigenvalue weighted by Gasteiger charge is -2.29. The van der Waals surface area contributed by atoms with Crippen LogP contribution in [0.3, 0.4) is 0 Å². The fourth-order valence-corrected chi connectivity index (χ4v) is 3.89. The number of nitrogens with zero attached hydrogens (tertiary/aromatic N) is 1. The highest BCUT2D eigenvalue weighted by molar-refractivity contribution is 7.12. The van der Waals surface area contributed by atoms with Crippen molar-refractivity contribution in [1.29, 1.82) is 0 Å². The van der Waals surface area contributed by atoms with Crippen LogP contribution >= 0.6 is 11.3 Å². The van der Waals surface area contributed by atoms with Gasteiger partial charge in [0.15, 0.2) is 0 Å². The molecule has 1 aromatic rings. The Balaban J connectivity index is 1.90. The van der Waals surface area contributed by atoms with Crippen molar-refractivity contribution in [3.8, 4) is 0 Å². The van der Waals surface area contributed by atoms with Gasteiger partial charge in [-0.2, -0.15) is 0 Å². The van der Waals surface area contributed by atoms with E-state index in [1.807, 2.05) is 11.3 Å². The molecule has 0 spiro atoms. The Labute approximate surface area is 128 Å². The summed E-state index contributed by atoms with van der Waals surface area (Å²) in [6.45, 7) is 13.8. The van der Waals surface area contributed by atoms with Crippen LogP contribution in [-0.4, -0.2) is 30.6 Å². The molecule has 1 fully saturated rings. The minimum Gasteiger partial charge on any atom is -0.313 e. The number of hydrogen-bond donors (Lipinski definition) is 1. The molecule has 0 aromatic carbocycles. The van der Waals surface area contributed by atoms with Crippen molar-refractivity contribution in [1.82, 2.24) is 10.2 Å². The lowest BCUT2D eigenvalue weighted by molar-refractivity contribution is 0.228. The second-order valence-electron chi connectivity index (χ2n) is 6.99. The van der Waals surface area contributed by atoms with E-state index < -0.39 is 0 Å². The average molecular weight is 295 g/mol. The first-order valence-corrected chi connectivity index (χ1v) is 8.85. The number of hydrogen-bond acceptors (Lipinski definition) is 3. The maximum Gasteiger partial charge on any atom is 0.0328 e. The molecule has 3 heteroatoms. The third-order valence-electron chi connectivity index (χ3n) is 4.12. The average Bonchev–Trinajstić information content (AvgIpc) is 2.87. The van der Waals surface area contributed by atoms with Crippen LogP contribution in [0.25, 0.3) is 0 Å². The number of likely N-dealkylation sites (N-methyl/N-ethyl adjacent to an activating group) is 1. The van der Waals surface area contributed by atoms with Gasteiger partial charge in [0, 0.05) is 28.9 Å². The van der Waals surface area contributed by atoms with Gasteiger partial charge in [-0.15, -0.1) is 11.3 Å². The molecule has 1 aliphatic heterocycles. The topological polar surface area (TPSA) is 15.3 Å². The first kappa shape index (κ1) is 16.0. The summed E-state index contributed by atoms with van der Waals surface area (Å²) in [6.07, 6.45) is 4.08. The standard InChI is InChI=1S/C17H30N2S/c1-5-19(12-14-8-6-7-11-18-14)13-15-9-10-16(20-15)17(2,3)4/h9-10,14,18H,5-8,11-13H2,1-4H3. The first-order chi connectivity index (χ1) is 9.49. The maximum atomic E-state index is 3.66. The summed E-state index contributed by atoms with van der Waals surface area (Å²) >= 11 is 1.98. The monoisotopic (exact) mass is 294 g/mol. The van der Waals surface area contributed by atoms with Gasteiger partial charge in [-0.05, 0) is 43.5 Å². The van der Waals surface area contributed by atoms with Gasteiger partial charge in [0.1, 0.15) is 0 Å². The zero-order valence-electron chi connectivity index (χ0n) is 13.5. The van der Waals surface area contributed by atoms with E-state index in [1.165, 1.54) is 42.1 Å². The Bertz CT molecular complexity index is 399. The Morgan fingerprint density at radius 3 is 2.65 bits per heavy atom. The second kappa shape index (κ2) is 7.06. The minimum atomic E-state index is 0.283. The Kier molecular flexibility index (Phi) is 5.65. The highest BCUT2D eigenvalue weighted by Gasteiger charge is 2.19. The van der Waals surface area contributed by atoms with E-state index in [0.717, 1.165) is 13.1 Å². The molecule has 114 valence electrons. The summed E-state index contributed by atoms with van der Waals surface area (Å²) in [5.74, 6) is 0. The fraction of sp³-hybridized carbons (Fsp3) is 0.765. The zero-order valence-corrected chi connectivity index (χ0v) is 14.4. The van der Waals surface area contributed by atoms with Crippen molar-refractivity contribution in [3.63, 3.8) is 0 Å². The molecule has 2 rings (SSSR count). The van der Waals surface area contributed by atoms with Crippen molar-refractivity contribution in [3.05, 3.63) is 21.9 Å². The smallest absolute Gasteiger partial charge is 0.0328 e. The molecule has 1 atom stereocenters. The van der Waals surface area contributed by atoms with Gasteiger partial charge in [-0.1, -0.05) is 34.1 Å². The SMILES string of the molecule is CCN(Cc1ccc(C(C)(C)C)s1)CC1CCCCN1. The Morgan fingerprint density at radius 1 is 1.30 bits per heavy atom.